The van der Waals surface area contributed by atoms with Crippen molar-refractivity contribution >= 4 is 6.03 Å². The van der Waals surface area contributed by atoms with E-state index in [1.54, 1.807) is 11.9 Å². The van der Waals surface area contributed by atoms with E-state index < -0.39 is 0 Å². The van der Waals surface area contributed by atoms with Crippen LogP contribution in [0.4, 0.5) is 4.79 Å². The fraction of sp³-hybridized carbons (Fsp3) is 0.435. The van der Waals surface area contributed by atoms with Crippen LogP contribution in [0.5, 0.6) is 5.75 Å². The second-order valence-corrected chi connectivity index (χ2v) is 7.21. The molecule has 0 aromatic heterocycles. The largest absolute Gasteiger partial charge is 0.492 e. The molecule has 2 aromatic rings. The fourth-order valence-corrected chi connectivity index (χ4v) is 3.76. The molecule has 1 saturated carbocycles. The van der Waals surface area contributed by atoms with Crippen LogP contribution in [0.1, 0.15) is 49.1 Å². The minimum absolute atomic E-state index is 0.0879. The number of rotatable bonds is 7. The molecular weight excluding hydrogens is 336 g/mol. The normalized spacial score (nSPS) is 14.6. The molecule has 0 bridgehead atoms. The topological polar surface area (TPSA) is 41.6 Å². The number of ether oxygens (including phenoxy) is 1. The van der Waals surface area contributed by atoms with Crippen LogP contribution in [0.25, 0.3) is 0 Å². The molecule has 1 aliphatic rings. The summed E-state index contributed by atoms with van der Waals surface area (Å²) in [5.41, 5.74) is 2.54. The Morgan fingerprint density at radius 3 is 2.41 bits per heavy atom. The maximum Gasteiger partial charge on any atom is 0.317 e. The van der Waals surface area contributed by atoms with E-state index in [0.29, 0.717) is 25.6 Å². The van der Waals surface area contributed by atoms with Crippen LogP contribution in [-0.4, -0.2) is 31.1 Å². The summed E-state index contributed by atoms with van der Waals surface area (Å²) in [5, 5.41) is 2.71. The van der Waals surface area contributed by atoms with Gasteiger partial charge < -0.3 is 15.0 Å². The van der Waals surface area contributed by atoms with Crippen molar-refractivity contribution in [3.63, 3.8) is 0 Å². The Bertz CT molecular complexity index is 694. The summed E-state index contributed by atoms with van der Waals surface area (Å²) in [5.74, 6) is 1.58. The summed E-state index contributed by atoms with van der Waals surface area (Å²) in [4.78, 5) is 13.9. The van der Waals surface area contributed by atoms with Gasteiger partial charge in [-0.3, -0.25) is 0 Å². The fourth-order valence-electron chi connectivity index (χ4n) is 3.76. The summed E-state index contributed by atoms with van der Waals surface area (Å²) >= 11 is 0. The highest BCUT2D eigenvalue weighted by molar-refractivity contribution is 5.73. The van der Waals surface area contributed by atoms with E-state index in [2.05, 4.69) is 29.6 Å². The van der Waals surface area contributed by atoms with Gasteiger partial charge in [-0.1, -0.05) is 61.7 Å². The molecule has 0 unspecified atom stereocenters. The molecule has 0 saturated heterocycles. The van der Waals surface area contributed by atoms with Gasteiger partial charge in [0.05, 0.1) is 6.54 Å². The molecule has 144 valence electrons. The average Bonchev–Trinajstić information content (AvgIpc) is 2.74. The van der Waals surface area contributed by atoms with Crippen molar-refractivity contribution in [3.8, 4) is 5.75 Å². The van der Waals surface area contributed by atoms with Crippen LogP contribution < -0.4 is 10.1 Å². The van der Waals surface area contributed by atoms with Crippen molar-refractivity contribution in [1.29, 1.82) is 0 Å². The molecule has 0 atom stereocenters. The number of hydrogen-bond donors (Lipinski definition) is 1. The number of carbonyl (C=O) groups excluding carboxylic acids is 1. The zero-order chi connectivity index (χ0) is 18.9. The van der Waals surface area contributed by atoms with Gasteiger partial charge in [0.2, 0.25) is 0 Å². The summed E-state index contributed by atoms with van der Waals surface area (Å²) in [6.45, 7) is 1.59. The molecule has 27 heavy (non-hydrogen) atoms. The molecule has 0 heterocycles. The van der Waals surface area contributed by atoms with Gasteiger partial charge in [0.15, 0.2) is 0 Å². The summed E-state index contributed by atoms with van der Waals surface area (Å²) in [7, 11) is 1.66. The third-order valence-electron chi connectivity index (χ3n) is 5.30. The highest BCUT2D eigenvalue weighted by Crippen LogP contribution is 2.33. The minimum atomic E-state index is -0.0879. The summed E-state index contributed by atoms with van der Waals surface area (Å²) < 4.78 is 5.89. The number of carbonyl (C=O) groups is 1. The molecule has 0 spiro atoms. The van der Waals surface area contributed by atoms with Gasteiger partial charge in [0.1, 0.15) is 12.4 Å². The maximum absolute atomic E-state index is 12.1. The number of amides is 2. The Morgan fingerprint density at radius 2 is 1.74 bits per heavy atom. The van der Waals surface area contributed by atoms with Gasteiger partial charge in [-0.25, -0.2) is 4.79 Å². The number of urea groups is 1. The van der Waals surface area contributed by atoms with Crippen molar-refractivity contribution in [1.82, 2.24) is 10.2 Å². The van der Waals surface area contributed by atoms with E-state index in [1.807, 2.05) is 30.3 Å². The van der Waals surface area contributed by atoms with E-state index in [1.165, 1.54) is 37.7 Å². The van der Waals surface area contributed by atoms with E-state index >= 15 is 0 Å². The average molecular weight is 367 g/mol. The van der Waals surface area contributed by atoms with Gasteiger partial charge >= 0.3 is 6.03 Å². The molecule has 1 aliphatic carbocycles. The predicted octanol–water partition coefficient (Wildman–Crippen LogP) is 4.95. The number of hydrogen-bond acceptors (Lipinski definition) is 2. The van der Waals surface area contributed by atoms with Gasteiger partial charge in [0.25, 0.3) is 0 Å². The molecule has 3 rings (SSSR count). The maximum atomic E-state index is 12.1. The van der Waals surface area contributed by atoms with Crippen LogP contribution in [0, 0.1) is 0 Å². The Morgan fingerprint density at radius 1 is 1.04 bits per heavy atom. The second kappa shape index (κ2) is 10.0. The van der Waals surface area contributed by atoms with Crippen molar-refractivity contribution < 1.29 is 9.53 Å². The second-order valence-electron chi connectivity index (χ2n) is 7.21. The molecule has 0 radical (unpaired) electrons. The van der Waals surface area contributed by atoms with E-state index in [-0.39, 0.29) is 6.03 Å². The first-order chi connectivity index (χ1) is 13.3. The first kappa shape index (κ1) is 19.3. The molecule has 0 aliphatic heterocycles. The lowest BCUT2D eigenvalue weighted by molar-refractivity contribution is 0.181. The molecule has 4 heteroatoms. The predicted molar refractivity (Wildman–Crippen MR) is 109 cm³/mol. The molecule has 4 nitrogen and oxygen atoms in total. The zero-order valence-electron chi connectivity index (χ0n) is 16.2. The van der Waals surface area contributed by atoms with E-state index in [9.17, 15) is 4.79 Å². The van der Waals surface area contributed by atoms with Crippen molar-refractivity contribution in [3.05, 3.63) is 65.7 Å². The molecular formula is C23H30N2O2. The van der Waals surface area contributed by atoms with Crippen LogP contribution in [0.3, 0.4) is 0 Å². The van der Waals surface area contributed by atoms with Crippen LogP contribution in [0.2, 0.25) is 0 Å². The van der Waals surface area contributed by atoms with Gasteiger partial charge in [0, 0.05) is 13.6 Å². The Labute approximate surface area is 162 Å². The third-order valence-corrected chi connectivity index (χ3v) is 5.30. The van der Waals surface area contributed by atoms with Gasteiger partial charge in [-0.15, -0.1) is 0 Å². The lowest BCUT2D eigenvalue weighted by Gasteiger charge is -2.23. The first-order valence-electron chi connectivity index (χ1n) is 9.99. The molecule has 2 amide bonds. The molecule has 1 fully saturated rings. The number of nitrogens with zero attached hydrogens (tertiary/aromatic N) is 1. The van der Waals surface area contributed by atoms with Crippen molar-refractivity contribution in [2.45, 2.75) is 44.6 Å². The first-order valence-corrected chi connectivity index (χ1v) is 9.99. The Balaban J connectivity index is 1.51. The van der Waals surface area contributed by atoms with Crippen molar-refractivity contribution in [2.24, 2.45) is 0 Å². The SMILES string of the molecule is CNC(=O)N(CCOc1ccc(C2CCCCC2)cc1)Cc1ccccc1. The van der Waals surface area contributed by atoms with E-state index in [0.717, 1.165) is 11.3 Å². The van der Waals surface area contributed by atoms with Crippen molar-refractivity contribution in [2.75, 3.05) is 20.2 Å². The summed E-state index contributed by atoms with van der Waals surface area (Å²) in [6, 6.07) is 18.4. The zero-order valence-corrected chi connectivity index (χ0v) is 16.2. The standard InChI is InChI=1S/C23H30N2O2/c1-24-23(26)25(18-19-8-4-2-5-9-19)16-17-27-22-14-12-21(13-15-22)20-10-6-3-7-11-20/h2,4-5,8-9,12-15,20H,3,6-7,10-11,16-18H2,1H3,(H,24,26). The highest BCUT2D eigenvalue weighted by atomic mass is 16.5. The van der Waals surface area contributed by atoms with Crippen LogP contribution >= 0.6 is 0 Å². The molecule has 1 N–H and O–H groups in total. The molecule has 2 aromatic carbocycles. The number of nitrogens with one attached hydrogen (secondary N) is 1. The summed E-state index contributed by atoms with van der Waals surface area (Å²) in [6.07, 6.45) is 6.68. The van der Waals surface area contributed by atoms with Crippen LogP contribution in [-0.2, 0) is 6.54 Å². The third kappa shape index (κ3) is 5.75. The Hall–Kier alpha value is -2.49. The van der Waals surface area contributed by atoms with Crippen LogP contribution in [0.15, 0.2) is 54.6 Å². The monoisotopic (exact) mass is 366 g/mol. The highest BCUT2D eigenvalue weighted by Gasteiger charge is 2.15. The minimum Gasteiger partial charge on any atom is -0.492 e. The lowest BCUT2D eigenvalue weighted by atomic mass is 9.84. The Kier molecular flexibility index (Phi) is 7.14. The van der Waals surface area contributed by atoms with Gasteiger partial charge in [-0.2, -0.15) is 0 Å². The smallest absolute Gasteiger partial charge is 0.317 e. The number of benzene rings is 2. The quantitative estimate of drug-likeness (QED) is 0.753. The lowest BCUT2D eigenvalue weighted by Crippen LogP contribution is -2.40. The van der Waals surface area contributed by atoms with Gasteiger partial charge in [-0.05, 0) is 42.0 Å². The van der Waals surface area contributed by atoms with E-state index in [4.69, 9.17) is 4.74 Å².